The Bertz CT molecular complexity index is 1710. The zero-order valence-corrected chi connectivity index (χ0v) is 27.2. The van der Waals surface area contributed by atoms with Crippen LogP contribution in [0.15, 0.2) is 108 Å². The summed E-state index contributed by atoms with van der Waals surface area (Å²) in [6, 6.07) is 26.9. The van der Waals surface area contributed by atoms with Crippen LogP contribution in [-0.4, -0.2) is 36.1 Å². The summed E-state index contributed by atoms with van der Waals surface area (Å²) in [7, 11) is 0. The highest BCUT2D eigenvalue weighted by Gasteiger charge is 2.17. The van der Waals surface area contributed by atoms with Crippen LogP contribution in [-0.2, 0) is 14.3 Å². The maximum Gasteiger partial charge on any atom is 0.338 e. The number of unbranched alkanes of at least 4 members (excludes halogenated alkanes) is 1. The van der Waals surface area contributed by atoms with E-state index in [2.05, 4.69) is 16.0 Å². The molecule has 11 heteroatoms. The van der Waals surface area contributed by atoms with Crippen LogP contribution < -0.4 is 16.0 Å². The second-order valence-corrected chi connectivity index (χ2v) is 11.8. The minimum absolute atomic E-state index is 0.0680. The first-order chi connectivity index (χ1) is 22.2. The predicted molar refractivity (Wildman–Crippen MR) is 184 cm³/mol. The Morgan fingerprint density at radius 3 is 2.17 bits per heavy atom. The number of hydrogen-bond acceptors (Lipinski definition) is 6. The number of benzene rings is 4. The standard InChI is InChI=1S/C35H31Cl2N3O5S/c1-2-3-19-45-35(44)24-15-17-25(18-16-24)38-32(41)22-46-27-12-7-11-26(20-27)39-34(43)31(21-28-29(36)13-8-14-30(28)37)40-33(42)23-9-5-4-6-10-23/h4-18,20-21H,2-3,19,22H2,1H3,(H,38,41)(H,39,43)(H,40,42)/b31-21+. The largest absolute Gasteiger partial charge is 0.462 e. The van der Waals surface area contributed by atoms with E-state index in [1.54, 1.807) is 91.0 Å². The Balaban J connectivity index is 1.39. The first-order valence-corrected chi connectivity index (χ1v) is 16.1. The fraction of sp³-hybridized carbons (Fsp3) is 0.143. The Labute approximate surface area is 281 Å². The summed E-state index contributed by atoms with van der Waals surface area (Å²) in [5.74, 6) is -1.63. The monoisotopic (exact) mass is 675 g/mol. The maximum atomic E-state index is 13.4. The fourth-order valence-electron chi connectivity index (χ4n) is 4.03. The van der Waals surface area contributed by atoms with Crippen molar-refractivity contribution in [2.45, 2.75) is 24.7 Å². The quantitative estimate of drug-likeness (QED) is 0.0571. The third kappa shape index (κ3) is 10.2. The molecule has 0 spiro atoms. The molecule has 0 aliphatic carbocycles. The van der Waals surface area contributed by atoms with Gasteiger partial charge >= 0.3 is 5.97 Å². The average Bonchev–Trinajstić information content (AvgIpc) is 3.06. The molecular weight excluding hydrogens is 645 g/mol. The second kappa shape index (κ2) is 17.2. The van der Waals surface area contributed by atoms with Crippen LogP contribution >= 0.6 is 35.0 Å². The molecule has 8 nitrogen and oxygen atoms in total. The summed E-state index contributed by atoms with van der Waals surface area (Å²) in [6.07, 6.45) is 3.16. The first kappa shape index (κ1) is 34.3. The summed E-state index contributed by atoms with van der Waals surface area (Å²) in [5.41, 5.74) is 2.08. The summed E-state index contributed by atoms with van der Waals surface area (Å²) in [6.45, 7) is 2.39. The minimum atomic E-state index is -0.599. The molecular formula is C35H31Cl2N3O5S. The van der Waals surface area contributed by atoms with Gasteiger partial charge in [0, 0.05) is 37.4 Å². The van der Waals surface area contributed by atoms with Gasteiger partial charge in [0.1, 0.15) is 5.70 Å². The third-order valence-electron chi connectivity index (χ3n) is 6.41. The number of esters is 1. The van der Waals surface area contributed by atoms with Gasteiger partial charge in [0.2, 0.25) is 5.91 Å². The van der Waals surface area contributed by atoms with Crippen molar-refractivity contribution in [3.05, 3.63) is 129 Å². The van der Waals surface area contributed by atoms with Gasteiger partial charge in [0.25, 0.3) is 11.8 Å². The number of halogens is 2. The van der Waals surface area contributed by atoms with Crippen molar-refractivity contribution in [2.24, 2.45) is 0 Å². The number of amides is 3. The molecule has 3 amide bonds. The van der Waals surface area contributed by atoms with Crippen LogP contribution in [0.4, 0.5) is 11.4 Å². The van der Waals surface area contributed by atoms with Gasteiger partial charge in [-0.25, -0.2) is 4.79 Å². The van der Waals surface area contributed by atoms with Crippen LogP contribution in [0.2, 0.25) is 10.0 Å². The molecule has 0 heterocycles. The second-order valence-electron chi connectivity index (χ2n) is 9.90. The molecule has 0 atom stereocenters. The smallest absolute Gasteiger partial charge is 0.338 e. The van der Waals surface area contributed by atoms with E-state index < -0.39 is 17.8 Å². The number of hydrogen-bond donors (Lipinski definition) is 3. The number of anilines is 2. The van der Waals surface area contributed by atoms with Crippen molar-refractivity contribution in [3.63, 3.8) is 0 Å². The first-order valence-electron chi connectivity index (χ1n) is 14.4. The molecule has 0 saturated carbocycles. The number of nitrogens with one attached hydrogen (secondary N) is 3. The Kier molecular flexibility index (Phi) is 12.8. The topological polar surface area (TPSA) is 114 Å². The lowest BCUT2D eigenvalue weighted by molar-refractivity contribution is -0.114. The SMILES string of the molecule is CCCCOC(=O)c1ccc(NC(=O)CSc2cccc(NC(=O)/C(=C\c3c(Cl)cccc3Cl)NC(=O)c3ccccc3)c2)cc1. The van der Waals surface area contributed by atoms with Crippen molar-refractivity contribution >= 4 is 76.1 Å². The molecule has 46 heavy (non-hydrogen) atoms. The zero-order chi connectivity index (χ0) is 32.9. The number of carbonyl (C=O) groups is 4. The van der Waals surface area contributed by atoms with Gasteiger partial charge in [0.05, 0.1) is 17.9 Å². The molecule has 236 valence electrons. The van der Waals surface area contributed by atoms with E-state index in [1.807, 2.05) is 13.0 Å². The molecule has 4 rings (SSSR count). The van der Waals surface area contributed by atoms with E-state index >= 15 is 0 Å². The lowest BCUT2D eigenvalue weighted by Gasteiger charge is -2.13. The molecule has 0 bridgehead atoms. The molecule has 4 aromatic carbocycles. The highest BCUT2D eigenvalue weighted by atomic mass is 35.5. The van der Waals surface area contributed by atoms with Gasteiger partial charge in [-0.2, -0.15) is 0 Å². The van der Waals surface area contributed by atoms with Gasteiger partial charge in [-0.3, -0.25) is 14.4 Å². The van der Waals surface area contributed by atoms with Crippen LogP contribution in [0.25, 0.3) is 6.08 Å². The van der Waals surface area contributed by atoms with Crippen LogP contribution in [0.1, 0.15) is 46.0 Å². The van der Waals surface area contributed by atoms with Crippen LogP contribution in [0.5, 0.6) is 0 Å². The molecule has 0 radical (unpaired) electrons. The van der Waals surface area contributed by atoms with Crippen LogP contribution in [0.3, 0.4) is 0 Å². The molecule has 0 fully saturated rings. The summed E-state index contributed by atoms with van der Waals surface area (Å²) in [4.78, 5) is 51.8. The number of rotatable bonds is 13. The number of thioether (sulfide) groups is 1. The highest BCUT2D eigenvalue weighted by Crippen LogP contribution is 2.27. The fourth-order valence-corrected chi connectivity index (χ4v) is 5.29. The van der Waals surface area contributed by atoms with E-state index in [4.69, 9.17) is 27.9 Å². The van der Waals surface area contributed by atoms with E-state index in [-0.39, 0.29) is 17.4 Å². The third-order valence-corrected chi connectivity index (χ3v) is 8.07. The maximum absolute atomic E-state index is 13.4. The number of carbonyl (C=O) groups excluding carboxylic acids is 4. The molecule has 0 aromatic heterocycles. The summed E-state index contributed by atoms with van der Waals surface area (Å²) in [5, 5.41) is 8.88. The molecule has 0 aliphatic rings. The van der Waals surface area contributed by atoms with E-state index in [1.165, 1.54) is 17.8 Å². The zero-order valence-electron chi connectivity index (χ0n) is 24.8. The van der Waals surface area contributed by atoms with E-state index in [9.17, 15) is 19.2 Å². The van der Waals surface area contributed by atoms with Gasteiger partial charge in [-0.05, 0) is 79.2 Å². The minimum Gasteiger partial charge on any atom is -0.462 e. The molecule has 3 N–H and O–H groups in total. The van der Waals surface area contributed by atoms with Crippen molar-refractivity contribution < 1.29 is 23.9 Å². The normalized spacial score (nSPS) is 11.0. The van der Waals surface area contributed by atoms with Crippen molar-refractivity contribution in [1.29, 1.82) is 0 Å². The van der Waals surface area contributed by atoms with Gasteiger partial charge in [-0.15, -0.1) is 11.8 Å². The lowest BCUT2D eigenvalue weighted by atomic mass is 10.1. The molecule has 4 aromatic rings. The highest BCUT2D eigenvalue weighted by molar-refractivity contribution is 8.00. The Morgan fingerprint density at radius 2 is 1.48 bits per heavy atom. The van der Waals surface area contributed by atoms with Crippen LogP contribution in [0, 0.1) is 0 Å². The lowest BCUT2D eigenvalue weighted by Crippen LogP contribution is -2.30. The van der Waals surface area contributed by atoms with Crippen molar-refractivity contribution in [1.82, 2.24) is 5.32 Å². The summed E-state index contributed by atoms with van der Waals surface area (Å²) < 4.78 is 5.21. The van der Waals surface area contributed by atoms with Gasteiger partial charge in [0.15, 0.2) is 0 Å². The molecule has 0 unspecified atom stereocenters. The Morgan fingerprint density at radius 1 is 0.783 bits per heavy atom. The molecule has 0 aliphatic heterocycles. The number of ether oxygens (including phenoxy) is 1. The van der Waals surface area contributed by atoms with Crippen molar-refractivity contribution in [2.75, 3.05) is 23.0 Å². The van der Waals surface area contributed by atoms with Gasteiger partial charge < -0.3 is 20.7 Å². The van der Waals surface area contributed by atoms with E-state index in [0.717, 1.165) is 17.7 Å². The summed E-state index contributed by atoms with van der Waals surface area (Å²) >= 11 is 13.9. The predicted octanol–water partition coefficient (Wildman–Crippen LogP) is 8.09. The van der Waals surface area contributed by atoms with Gasteiger partial charge in [-0.1, -0.05) is 66.9 Å². The van der Waals surface area contributed by atoms with Crippen molar-refractivity contribution in [3.8, 4) is 0 Å². The molecule has 0 saturated heterocycles. The average molecular weight is 677 g/mol. The van der Waals surface area contributed by atoms with E-state index in [0.29, 0.717) is 44.7 Å². The Hall–Kier alpha value is -4.57.